The zero-order valence-electron chi connectivity index (χ0n) is 13.4. The Labute approximate surface area is 147 Å². The monoisotopic (exact) mass is 399 g/mol. The van der Waals surface area contributed by atoms with Gasteiger partial charge in [-0.3, -0.25) is 9.59 Å². The third kappa shape index (κ3) is 4.75. The van der Waals surface area contributed by atoms with Gasteiger partial charge in [-0.2, -0.15) is 0 Å². The summed E-state index contributed by atoms with van der Waals surface area (Å²) in [5.74, 6) is 0.150. The van der Waals surface area contributed by atoms with Gasteiger partial charge in [-0.05, 0) is 42.8 Å². The predicted molar refractivity (Wildman–Crippen MR) is 93.3 cm³/mol. The van der Waals surface area contributed by atoms with Gasteiger partial charge < -0.3 is 9.47 Å². The maximum absolute atomic E-state index is 12.2. The van der Waals surface area contributed by atoms with Crippen molar-refractivity contribution >= 4 is 49.2 Å². The van der Waals surface area contributed by atoms with Crippen molar-refractivity contribution in [3.05, 3.63) is 21.6 Å². The molecule has 2 aromatic rings. The number of hydrogen-bond donors (Lipinski definition) is 0. The number of rotatable bonds is 5. The molecule has 1 heterocycles. The summed E-state index contributed by atoms with van der Waals surface area (Å²) in [5.41, 5.74) is 0.182. The van der Waals surface area contributed by atoms with E-state index in [9.17, 15) is 9.59 Å². The Morgan fingerprint density at radius 3 is 2.57 bits per heavy atom. The van der Waals surface area contributed by atoms with Crippen molar-refractivity contribution in [3.8, 4) is 5.75 Å². The molecule has 0 atom stereocenters. The van der Waals surface area contributed by atoms with Gasteiger partial charge in [-0.25, -0.2) is 4.98 Å². The van der Waals surface area contributed by atoms with Gasteiger partial charge in [0.1, 0.15) is 11.4 Å². The van der Waals surface area contributed by atoms with Crippen molar-refractivity contribution in [1.29, 1.82) is 0 Å². The lowest BCUT2D eigenvalue weighted by atomic mass is 10.2. The van der Waals surface area contributed by atoms with Crippen LogP contribution in [0.25, 0.3) is 10.2 Å². The molecule has 0 bridgehead atoms. The standard InChI is InChI=1S/C16H18BrNO4S/c1-16(2,3)22-14(20)6-5-11(19)15-18-10-7-9(17)12(21-4)8-13(10)23-15/h7-8H,5-6H2,1-4H3. The Hall–Kier alpha value is -1.47. The molecular formula is C16H18BrNO4S. The lowest BCUT2D eigenvalue weighted by Gasteiger charge is -2.19. The van der Waals surface area contributed by atoms with Crippen molar-refractivity contribution in [2.45, 2.75) is 39.2 Å². The van der Waals surface area contributed by atoms with Gasteiger partial charge in [-0.1, -0.05) is 0 Å². The van der Waals surface area contributed by atoms with E-state index in [-0.39, 0.29) is 24.6 Å². The Bertz CT molecular complexity index is 748. The van der Waals surface area contributed by atoms with Crippen molar-refractivity contribution in [3.63, 3.8) is 0 Å². The van der Waals surface area contributed by atoms with Crippen LogP contribution in [-0.2, 0) is 9.53 Å². The number of ether oxygens (including phenoxy) is 2. The van der Waals surface area contributed by atoms with E-state index < -0.39 is 5.60 Å². The van der Waals surface area contributed by atoms with Gasteiger partial charge in [0.25, 0.3) is 0 Å². The molecule has 0 spiro atoms. The van der Waals surface area contributed by atoms with E-state index in [0.29, 0.717) is 10.8 Å². The van der Waals surface area contributed by atoms with Crippen LogP contribution in [0.4, 0.5) is 0 Å². The van der Waals surface area contributed by atoms with E-state index in [1.54, 1.807) is 27.9 Å². The Morgan fingerprint density at radius 1 is 1.26 bits per heavy atom. The van der Waals surface area contributed by atoms with Crippen molar-refractivity contribution < 1.29 is 19.1 Å². The topological polar surface area (TPSA) is 65.5 Å². The highest BCUT2D eigenvalue weighted by atomic mass is 79.9. The minimum atomic E-state index is -0.543. The molecule has 0 aliphatic rings. The predicted octanol–water partition coefficient (Wildman–Crippen LogP) is 4.37. The normalized spacial score (nSPS) is 11.5. The van der Waals surface area contributed by atoms with Gasteiger partial charge in [-0.15, -0.1) is 11.3 Å². The SMILES string of the molecule is COc1cc2sc(C(=O)CCC(=O)OC(C)(C)C)nc2cc1Br. The summed E-state index contributed by atoms with van der Waals surface area (Å²) < 4.78 is 12.1. The zero-order chi connectivity index (χ0) is 17.2. The molecule has 5 nitrogen and oxygen atoms in total. The van der Waals surface area contributed by atoms with Crippen LogP contribution in [0.5, 0.6) is 5.75 Å². The highest BCUT2D eigenvalue weighted by molar-refractivity contribution is 9.10. The van der Waals surface area contributed by atoms with Gasteiger partial charge in [0.15, 0.2) is 10.8 Å². The maximum Gasteiger partial charge on any atom is 0.306 e. The average Bonchev–Trinajstić information content (AvgIpc) is 2.84. The number of hydrogen-bond acceptors (Lipinski definition) is 6. The van der Waals surface area contributed by atoms with Crippen LogP contribution in [0.1, 0.15) is 43.4 Å². The van der Waals surface area contributed by atoms with Crippen molar-refractivity contribution in [2.24, 2.45) is 0 Å². The molecule has 124 valence electrons. The molecule has 7 heteroatoms. The summed E-state index contributed by atoms with van der Waals surface area (Å²) in [6.45, 7) is 5.39. The second kappa shape index (κ2) is 6.97. The van der Waals surface area contributed by atoms with Crippen LogP contribution in [0.15, 0.2) is 16.6 Å². The molecule has 0 amide bonds. The number of carbonyl (C=O) groups is 2. The second-order valence-electron chi connectivity index (χ2n) is 5.98. The first-order valence-electron chi connectivity index (χ1n) is 7.09. The Kier molecular flexibility index (Phi) is 5.41. The smallest absolute Gasteiger partial charge is 0.306 e. The van der Waals surface area contributed by atoms with Crippen molar-refractivity contribution in [1.82, 2.24) is 4.98 Å². The lowest BCUT2D eigenvalue weighted by Crippen LogP contribution is -2.24. The van der Waals surface area contributed by atoms with Crippen molar-refractivity contribution in [2.75, 3.05) is 7.11 Å². The molecule has 23 heavy (non-hydrogen) atoms. The number of nitrogens with zero attached hydrogens (tertiary/aromatic N) is 1. The number of carbonyl (C=O) groups excluding carboxylic acids is 2. The summed E-state index contributed by atoms with van der Waals surface area (Å²) >= 11 is 4.69. The molecule has 0 aliphatic carbocycles. The highest BCUT2D eigenvalue weighted by Crippen LogP contribution is 2.33. The number of methoxy groups -OCH3 is 1. The second-order valence-corrected chi connectivity index (χ2v) is 7.87. The number of halogens is 1. The van der Waals surface area contributed by atoms with Crippen LogP contribution < -0.4 is 4.74 Å². The number of fused-ring (bicyclic) bond motifs is 1. The molecule has 0 fully saturated rings. The van der Waals surface area contributed by atoms with Gasteiger partial charge in [0.05, 0.1) is 28.2 Å². The number of benzene rings is 1. The van der Waals surface area contributed by atoms with Crippen LogP contribution in [0, 0.1) is 0 Å². The summed E-state index contributed by atoms with van der Waals surface area (Å²) in [6, 6.07) is 3.65. The highest BCUT2D eigenvalue weighted by Gasteiger charge is 2.19. The summed E-state index contributed by atoms with van der Waals surface area (Å²) in [7, 11) is 1.58. The first-order valence-corrected chi connectivity index (χ1v) is 8.69. The largest absolute Gasteiger partial charge is 0.496 e. The Morgan fingerprint density at radius 2 is 1.96 bits per heavy atom. The molecule has 0 N–H and O–H groups in total. The minimum Gasteiger partial charge on any atom is -0.496 e. The van der Waals surface area contributed by atoms with Gasteiger partial charge in [0, 0.05) is 12.5 Å². The van der Waals surface area contributed by atoms with Gasteiger partial charge >= 0.3 is 5.97 Å². The molecule has 0 aliphatic heterocycles. The van der Waals surface area contributed by atoms with Crippen LogP contribution in [-0.4, -0.2) is 29.4 Å². The third-order valence-corrected chi connectivity index (χ3v) is 4.56. The summed E-state index contributed by atoms with van der Waals surface area (Å²) in [6.07, 6.45) is 0.145. The quantitative estimate of drug-likeness (QED) is 0.551. The molecule has 0 radical (unpaired) electrons. The van der Waals surface area contributed by atoms with E-state index in [2.05, 4.69) is 20.9 Å². The number of aromatic nitrogens is 1. The molecule has 1 aromatic heterocycles. The van der Waals surface area contributed by atoms with Crippen LogP contribution >= 0.6 is 27.3 Å². The van der Waals surface area contributed by atoms with E-state index in [0.717, 1.165) is 14.7 Å². The maximum atomic E-state index is 12.2. The first-order chi connectivity index (χ1) is 10.7. The fourth-order valence-corrected chi connectivity index (χ4v) is 3.36. The lowest BCUT2D eigenvalue weighted by molar-refractivity contribution is -0.154. The van der Waals surface area contributed by atoms with Gasteiger partial charge in [0.2, 0.25) is 0 Å². The molecule has 1 aromatic carbocycles. The number of ketones is 1. The Balaban J connectivity index is 2.08. The zero-order valence-corrected chi connectivity index (χ0v) is 15.8. The van der Waals surface area contributed by atoms with E-state index in [1.165, 1.54) is 11.3 Å². The van der Waals surface area contributed by atoms with Crippen LogP contribution in [0.3, 0.4) is 0 Å². The molecule has 0 unspecified atom stereocenters. The first kappa shape index (κ1) is 17.9. The summed E-state index contributed by atoms with van der Waals surface area (Å²) in [4.78, 5) is 28.2. The van der Waals surface area contributed by atoms with E-state index in [4.69, 9.17) is 9.47 Å². The fourth-order valence-electron chi connectivity index (χ4n) is 1.92. The minimum absolute atomic E-state index is 0.0546. The van der Waals surface area contributed by atoms with Crippen LogP contribution in [0.2, 0.25) is 0 Å². The summed E-state index contributed by atoms with van der Waals surface area (Å²) in [5, 5.41) is 0.392. The average molecular weight is 400 g/mol. The van der Waals surface area contributed by atoms with E-state index >= 15 is 0 Å². The third-order valence-electron chi connectivity index (χ3n) is 2.88. The van der Waals surface area contributed by atoms with E-state index in [1.807, 2.05) is 12.1 Å². The number of esters is 1. The number of thiazole rings is 1. The number of Topliss-reactive ketones (excluding diaryl/α,β-unsaturated/α-hetero) is 1. The fraction of sp³-hybridized carbons (Fsp3) is 0.438. The molecule has 2 rings (SSSR count). The molecule has 0 saturated carbocycles. The molecule has 0 saturated heterocycles. The molecular weight excluding hydrogens is 382 g/mol.